The second kappa shape index (κ2) is 11.6. The number of nitrogens with one attached hydrogen (secondary N) is 1. The zero-order valence-electron chi connectivity index (χ0n) is 22.8. The van der Waals surface area contributed by atoms with E-state index in [4.69, 9.17) is 0 Å². The van der Waals surface area contributed by atoms with E-state index in [0.29, 0.717) is 59.6 Å². The average molecular weight is 613 g/mol. The lowest BCUT2D eigenvalue weighted by Gasteiger charge is -2.32. The molecule has 0 spiro atoms. The summed E-state index contributed by atoms with van der Waals surface area (Å²) in [6, 6.07) is 17.8. The zero-order chi connectivity index (χ0) is 29.3. The van der Waals surface area contributed by atoms with Gasteiger partial charge in [0.05, 0.1) is 22.5 Å². The summed E-state index contributed by atoms with van der Waals surface area (Å²) in [5, 5.41) is 11.7. The van der Waals surface area contributed by atoms with E-state index in [1.54, 1.807) is 51.5 Å². The van der Waals surface area contributed by atoms with Crippen molar-refractivity contribution in [1.82, 2.24) is 39.2 Å². The number of piperidine rings is 1. The maximum atomic E-state index is 14.9. The fraction of sp³-hybridized carbons (Fsp3) is 0.200. The van der Waals surface area contributed by atoms with Crippen LogP contribution in [0.4, 0.5) is 4.39 Å². The first-order chi connectivity index (χ1) is 21.1. The first-order valence-electron chi connectivity index (χ1n) is 13.7. The number of pyridine rings is 1. The van der Waals surface area contributed by atoms with Crippen molar-refractivity contribution in [3.63, 3.8) is 0 Å². The number of rotatable bonds is 7. The molecule has 2 aromatic carbocycles. The number of amides is 1. The van der Waals surface area contributed by atoms with Crippen LogP contribution in [0.25, 0.3) is 28.1 Å². The van der Waals surface area contributed by atoms with Crippen molar-refractivity contribution in [1.29, 1.82) is 0 Å². The van der Waals surface area contributed by atoms with Gasteiger partial charge >= 0.3 is 5.69 Å². The van der Waals surface area contributed by atoms with Gasteiger partial charge in [-0.15, -0.1) is 21.5 Å². The highest BCUT2D eigenvalue weighted by atomic mass is 32.2. The number of hydrogen-bond acceptors (Lipinski definition) is 8. The number of aromatic nitrogens is 7. The van der Waals surface area contributed by atoms with Crippen LogP contribution in [0.1, 0.15) is 34.4 Å². The molecule has 6 aromatic rings. The Morgan fingerprint density at radius 1 is 1.05 bits per heavy atom. The molecule has 1 N–H and O–H groups in total. The van der Waals surface area contributed by atoms with Crippen LogP contribution in [0.15, 0.2) is 88.4 Å². The Hall–Kier alpha value is -4.62. The van der Waals surface area contributed by atoms with E-state index in [1.165, 1.54) is 29.2 Å². The van der Waals surface area contributed by atoms with E-state index in [1.807, 2.05) is 34.9 Å². The fourth-order valence-corrected chi connectivity index (χ4v) is 7.15. The molecule has 0 saturated carbocycles. The molecular weight excluding hydrogens is 588 g/mol. The predicted molar refractivity (Wildman–Crippen MR) is 163 cm³/mol. The van der Waals surface area contributed by atoms with Crippen molar-refractivity contribution in [3.8, 4) is 17.1 Å². The van der Waals surface area contributed by atoms with Crippen LogP contribution in [0.3, 0.4) is 0 Å². The molecule has 43 heavy (non-hydrogen) atoms. The summed E-state index contributed by atoms with van der Waals surface area (Å²) in [6.45, 7) is 1.08. The molecule has 0 unspecified atom stereocenters. The summed E-state index contributed by atoms with van der Waals surface area (Å²) >= 11 is 2.77. The van der Waals surface area contributed by atoms with E-state index in [-0.39, 0.29) is 17.6 Å². The number of fused-ring (bicyclic) bond motifs is 1. The number of nitrogens with zero attached hydrogens (tertiary/aromatic N) is 7. The van der Waals surface area contributed by atoms with Crippen molar-refractivity contribution in [2.75, 3.05) is 13.1 Å². The van der Waals surface area contributed by atoms with Gasteiger partial charge < -0.3 is 9.88 Å². The highest BCUT2D eigenvalue weighted by Crippen LogP contribution is 2.32. The van der Waals surface area contributed by atoms with Crippen LogP contribution < -0.4 is 5.69 Å². The van der Waals surface area contributed by atoms with Crippen LogP contribution in [0.5, 0.6) is 0 Å². The minimum absolute atomic E-state index is 0.0263. The Balaban J connectivity index is 1.04. The third-order valence-electron chi connectivity index (χ3n) is 7.48. The quantitative estimate of drug-likeness (QED) is 0.242. The van der Waals surface area contributed by atoms with E-state index in [0.717, 1.165) is 16.0 Å². The van der Waals surface area contributed by atoms with E-state index in [9.17, 15) is 14.0 Å². The van der Waals surface area contributed by atoms with Crippen molar-refractivity contribution < 1.29 is 9.18 Å². The lowest BCUT2D eigenvalue weighted by molar-refractivity contribution is 0.0689. The number of H-pyrrole nitrogens is 1. The number of aromatic amines is 1. The predicted octanol–water partition coefficient (Wildman–Crippen LogP) is 5.34. The Kier molecular flexibility index (Phi) is 7.33. The van der Waals surface area contributed by atoms with Crippen molar-refractivity contribution >= 4 is 40.0 Å². The summed E-state index contributed by atoms with van der Waals surface area (Å²) in [4.78, 5) is 39.4. The minimum atomic E-state index is -0.394. The second-order valence-corrected chi connectivity index (χ2v) is 12.0. The number of imidazole rings is 1. The molecule has 1 saturated heterocycles. The molecule has 0 radical (unpaired) electrons. The Morgan fingerprint density at radius 3 is 2.67 bits per heavy atom. The SMILES string of the molecule is O=C(c1csc(CSc2nnc(-c3cccnc3)n2-c2ccccc2F)n1)N1CCC(n2c(=O)[nH]c3ccccc32)CC1. The molecular formula is C30H25FN8O2S2. The van der Waals surface area contributed by atoms with Gasteiger partial charge in [-0.2, -0.15) is 0 Å². The topological polar surface area (TPSA) is 115 Å². The molecule has 13 heteroatoms. The third-order valence-corrected chi connectivity index (χ3v) is 9.45. The Morgan fingerprint density at radius 2 is 1.86 bits per heavy atom. The van der Waals surface area contributed by atoms with Crippen molar-refractivity contribution in [2.45, 2.75) is 29.8 Å². The molecule has 10 nitrogen and oxygen atoms in total. The van der Waals surface area contributed by atoms with E-state index in [2.05, 4.69) is 25.1 Å². The minimum Gasteiger partial charge on any atom is -0.337 e. The van der Waals surface area contributed by atoms with Gasteiger partial charge in [0.2, 0.25) is 0 Å². The molecule has 1 aliphatic rings. The largest absolute Gasteiger partial charge is 0.337 e. The van der Waals surface area contributed by atoms with Crippen LogP contribution in [0, 0.1) is 5.82 Å². The molecule has 4 aromatic heterocycles. The summed E-state index contributed by atoms with van der Waals surface area (Å²) in [5.74, 6) is 0.401. The summed E-state index contributed by atoms with van der Waals surface area (Å²) in [7, 11) is 0. The maximum Gasteiger partial charge on any atom is 0.326 e. The average Bonchev–Trinajstić information content (AvgIpc) is 3.77. The molecule has 7 rings (SSSR count). The van der Waals surface area contributed by atoms with Crippen LogP contribution in [-0.4, -0.2) is 58.2 Å². The van der Waals surface area contributed by atoms with Crippen molar-refractivity contribution in [2.24, 2.45) is 0 Å². The lowest BCUT2D eigenvalue weighted by Crippen LogP contribution is -2.40. The number of para-hydroxylation sites is 3. The summed E-state index contributed by atoms with van der Waals surface area (Å²) in [5.41, 5.74) is 3.03. The molecule has 0 aliphatic carbocycles. The number of hydrogen-bond donors (Lipinski definition) is 1. The maximum absolute atomic E-state index is 14.9. The highest BCUT2D eigenvalue weighted by Gasteiger charge is 2.28. The van der Waals surface area contributed by atoms with Gasteiger partial charge in [0.15, 0.2) is 11.0 Å². The molecule has 5 heterocycles. The number of thiazole rings is 1. The molecule has 1 amide bonds. The number of carbonyl (C=O) groups is 1. The third kappa shape index (κ3) is 5.25. The standard InChI is InChI=1S/C30H25FN8O2S2/c31-21-7-1-3-9-24(21)39-27(19-6-5-13-32-16-19)35-36-30(39)43-18-26-33-23(17-42-26)28(40)37-14-11-20(12-15-37)38-25-10-4-2-8-22(25)34-29(38)41/h1-10,13,16-17,20H,11-12,14-15,18H2,(H,34,41). The van der Waals surface area contributed by atoms with E-state index < -0.39 is 5.82 Å². The van der Waals surface area contributed by atoms with Crippen LogP contribution in [-0.2, 0) is 5.75 Å². The smallest absolute Gasteiger partial charge is 0.326 e. The zero-order valence-corrected chi connectivity index (χ0v) is 24.4. The lowest BCUT2D eigenvalue weighted by atomic mass is 10.0. The fourth-order valence-electron chi connectivity index (χ4n) is 5.42. The molecule has 0 bridgehead atoms. The second-order valence-electron chi connectivity index (χ2n) is 10.1. The number of thioether (sulfide) groups is 1. The van der Waals surface area contributed by atoms with Gasteiger partial charge in [0.25, 0.3) is 5.91 Å². The number of benzene rings is 2. The van der Waals surface area contributed by atoms with Crippen molar-refractivity contribution in [3.05, 3.63) is 105 Å². The highest BCUT2D eigenvalue weighted by molar-refractivity contribution is 7.98. The van der Waals surface area contributed by atoms with Gasteiger partial charge in [-0.25, -0.2) is 14.2 Å². The number of halogens is 1. The first kappa shape index (κ1) is 27.2. The van der Waals surface area contributed by atoms with Gasteiger partial charge in [0.1, 0.15) is 16.5 Å². The molecule has 216 valence electrons. The molecule has 1 fully saturated rings. The van der Waals surface area contributed by atoms with Gasteiger partial charge in [0, 0.05) is 42.5 Å². The van der Waals surface area contributed by atoms with E-state index >= 15 is 0 Å². The Labute approximate surface area is 253 Å². The number of carbonyl (C=O) groups excluding carboxylic acids is 1. The van der Waals surface area contributed by atoms with Gasteiger partial charge in [-0.05, 0) is 49.2 Å². The summed E-state index contributed by atoms with van der Waals surface area (Å²) in [6.07, 6.45) is 4.70. The molecule has 0 atom stereocenters. The number of likely N-dealkylation sites (tertiary alicyclic amines) is 1. The van der Waals surface area contributed by atoms with Crippen LogP contribution in [0.2, 0.25) is 0 Å². The van der Waals surface area contributed by atoms with Crippen LogP contribution >= 0.6 is 23.1 Å². The monoisotopic (exact) mass is 612 g/mol. The molecule has 1 aliphatic heterocycles. The Bertz CT molecular complexity index is 1970. The summed E-state index contributed by atoms with van der Waals surface area (Å²) < 4.78 is 18.4. The first-order valence-corrected chi connectivity index (χ1v) is 15.6. The van der Waals surface area contributed by atoms with Gasteiger partial charge in [-0.1, -0.05) is 36.0 Å². The van der Waals surface area contributed by atoms with Gasteiger partial charge in [-0.3, -0.25) is 18.9 Å². The normalized spacial score (nSPS) is 14.0.